The third-order valence-corrected chi connectivity index (χ3v) is 7.19. The lowest BCUT2D eigenvalue weighted by Crippen LogP contribution is -2.57. The highest BCUT2D eigenvalue weighted by Crippen LogP contribution is 2.41. The zero-order chi connectivity index (χ0) is 27.0. The first-order valence-electron chi connectivity index (χ1n) is 14.3. The number of rotatable bonds is 22. The molecule has 0 aromatic rings. The fraction of sp³-hybridized carbons (Fsp3) is 0.867. The van der Waals surface area contributed by atoms with Gasteiger partial charge in [-0.1, -0.05) is 132 Å². The summed E-state index contributed by atoms with van der Waals surface area (Å²) >= 11 is 0. The number of carboxylic acids is 1. The first-order chi connectivity index (χ1) is 16.5. The first-order valence-corrected chi connectivity index (χ1v) is 14.3. The summed E-state index contributed by atoms with van der Waals surface area (Å²) in [5, 5.41) is 10.3. The molecule has 0 amide bonds. The van der Waals surface area contributed by atoms with Gasteiger partial charge in [0.1, 0.15) is 5.78 Å². The van der Waals surface area contributed by atoms with Crippen LogP contribution in [0.1, 0.15) is 138 Å². The van der Waals surface area contributed by atoms with Gasteiger partial charge in [0, 0.05) is 23.7 Å². The number of carbonyl (C=O) groups is 4. The van der Waals surface area contributed by atoms with E-state index in [9.17, 15) is 24.3 Å². The number of unbranched alkanes of at least 4 members (excludes halogenated alkanes) is 12. The standard InChI is InChI=1S/C30H54O5/c1-8-9-10-11-12-13-14-15-16-17-18-19-20-21-25(26(31)22(2)3)30(29(34)35,27(32)23(4)5)28(33)24(6)7/h22-25H,8-21H2,1-7H3,(H,34,35). The van der Waals surface area contributed by atoms with Crippen molar-refractivity contribution in [3.05, 3.63) is 0 Å². The van der Waals surface area contributed by atoms with E-state index in [0.29, 0.717) is 6.42 Å². The number of Topliss-reactive ketones (excluding diaryl/α,β-unsaturated/α-hetero) is 3. The van der Waals surface area contributed by atoms with E-state index in [1.807, 2.05) is 0 Å². The van der Waals surface area contributed by atoms with Crippen LogP contribution in [0.3, 0.4) is 0 Å². The summed E-state index contributed by atoms with van der Waals surface area (Å²) in [5.74, 6) is -5.91. The molecule has 35 heavy (non-hydrogen) atoms. The molecule has 1 unspecified atom stereocenters. The summed E-state index contributed by atoms with van der Waals surface area (Å²) in [6, 6.07) is 0. The van der Waals surface area contributed by atoms with Gasteiger partial charge in [0.2, 0.25) is 0 Å². The average molecular weight is 495 g/mol. The maximum atomic E-state index is 13.3. The van der Waals surface area contributed by atoms with Crippen LogP contribution in [0.25, 0.3) is 0 Å². The van der Waals surface area contributed by atoms with Crippen molar-refractivity contribution in [3.63, 3.8) is 0 Å². The highest BCUT2D eigenvalue weighted by molar-refractivity contribution is 6.25. The Bertz CT molecular complexity index is 627. The molecule has 1 N–H and O–H groups in total. The molecule has 0 saturated heterocycles. The number of aliphatic carboxylic acids is 1. The Kier molecular flexibility index (Phi) is 17.1. The van der Waals surface area contributed by atoms with E-state index < -0.39 is 46.6 Å². The molecule has 0 saturated carbocycles. The van der Waals surface area contributed by atoms with Crippen molar-refractivity contribution in [1.29, 1.82) is 0 Å². The molecule has 0 aromatic heterocycles. The fourth-order valence-corrected chi connectivity index (χ4v) is 5.08. The highest BCUT2D eigenvalue weighted by atomic mass is 16.4. The second-order valence-electron chi connectivity index (χ2n) is 11.3. The van der Waals surface area contributed by atoms with Crippen molar-refractivity contribution in [3.8, 4) is 0 Å². The van der Waals surface area contributed by atoms with Crippen molar-refractivity contribution in [2.24, 2.45) is 29.1 Å². The third kappa shape index (κ3) is 10.6. The van der Waals surface area contributed by atoms with Crippen LogP contribution in [0.15, 0.2) is 0 Å². The molecule has 0 aromatic carbocycles. The summed E-state index contributed by atoms with van der Waals surface area (Å²) < 4.78 is 0. The summed E-state index contributed by atoms with van der Waals surface area (Å²) in [6.45, 7) is 12.1. The van der Waals surface area contributed by atoms with E-state index >= 15 is 0 Å². The van der Waals surface area contributed by atoms with E-state index in [-0.39, 0.29) is 12.2 Å². The van der Waals surface area contributed by atoms with Gasteiger partial charge < -0.3 is 5.11 Å². The minimum absolute atomic E-state index is 0.262. The molecule has 0 aliphatic heterocycles. The van der Waals surface area contributed by atoms with Gasteiger partial charge in [-0.15, -0.1) is 0 Å². The van der Waals surface area contributed by atoms with E-state index in [0.717, 1.165) is 19.3 Å². The van der Waals surface area contributed by atoms with Crippen molar-refractivity contribution in [2.75, 3.05) is 0 Å². The van der Waals surface area contributed by atoms with Crippen LogP contribution in [0.2, 0.25) is 0 Å². The van der Waals surface area contributed by atoms with Gasteiger partial charge in [-0.3, -0.25) is 19.2 Å². The number of hydrogen-bond donors (Lipinski definition) is 1. The molecule has 204 valence electrons. The average Bonchev–Trinajstić information content (AvgIpc) is 2.79. The Hall–Kier alpha value is -1.52. The van der Waals surface area contributed by atoms with Crippen LogP contribution in [-0.4, -0.2) is 28.4 Å². The normalized spacial score (nSPS) is 13.0. The molecular formula is C30H54O5. The van der Waals surface area contributed by atoms with Gasteiger partial charge in [-0.2, -0.15) is 0 Å². The van der Waals surface area contributed by atoms with Gasteiger partial charge in [-0.05, 0) is 6.42 Å². The number of ketones is 3. The summed E-state index contributed by atoms with van der Waals surface area (Å²) in [6.07, 6.45) is 15.6. The lowest BCUT2D eigenvalue weighted by Gasteiger charge is -2.37. The maximum Gasteiger partial charge on any atom is 0.325 e. The quantitative estimate of drug-likeness (QED) is 0.122. The molecule has 5 heteroatoms. The van der Waals surface area contributed by atoms with Crippen molar-refractivity contribution < 1.29 is 24.3 Å². The monoisotopic (exact) mass is 494 g/mol. The van der Waals surface area contributed by atoms with Crippen LogP contribution in [-0.2, 0) is 19.2 Å². The Morgan fingerprint density at radius 3 is 1.20 bits per heavy atom. The first kappa shape index (κ1) is 33.5. The molecule has 0 bridgehead atoms. The third-order valence-electron chi connectivity index (χ3n) is 7.19. The Labute approximate surface area is 215 Å². The van der Waals surface area contributed by atoms with E-state index in [2.05, 4.69) is 6.92 Å². The molecule has 0 radical (unpaired) electrons. The summed E-state index contributed by atoms with van der Waals surface area (Å²) in [5.41, 5.74) is -2.29. The van der Waals surface area contributed by atoms with Gasteiger partial charge in [-0.25, -0.2) is 0 Å². The molecule has 0 aliphatic rings. The SMILES string of the molecule is CCCCCCCCCCCCCCCC(C(=O)C(C)C)C(C(=O)O)(C(=O)C(C)C)C(=O)C(C)C. The predicted octanol–water partition coefficient (Wildman–Crippen LogP) is 7.83. The molecule has 0 heterocycles. The summed E-state index contributed by atoms with van der Waals surface area (Å²) in [7, 11) is 0. The molecule has 0 aliphatic carbocycles. The number of hydrogen-bond acceptors (Lipinski definition) is 4. The van der Waals surface area contributed by atoms with Gasteiger partial charge >= 0.3 is 5.97 Å². The van der Waals surface area contributed by atoms with Crippen molar-refractivity contribution in [1.82, 2.24) is 0 Å². The van der Waals surface area contributed by atoms with Crippen LogP contribution in [0.4, 0.5) is 0 Å². The van der Waals surface area contributed by atoms with Crippen molar-refractivity contribution in [2.45, 2.75) is 138 Å². The van der Waals surface area contributed by atoms with Gasteiger partial charge in [0.25, 0.3) is 0 Å². The van der Waals surface area contributed by atoms with E-state index in [4.69, 9.17) is 0 Å². The molecule has 5 nitrogen and oxygen atoms in total. The molecule has 0 spiro atoms. The molecule has 0 rings (SSSR count). The predicted molar refractivity (Wildman–Crippen MR) is 143 cm³/mol. The Morgan fingerprint density at radius 2 is 0.914 bits per heavy atom. The fourth-order valence-electron chi connectivity index (χ4n) is 5.08. The Balaban J connectivity index is 5.06. The zero-order valence-corrected chi connectivity index (χ0v) is 23.8. The second-order valence-corrected chi connectivity index (χ2v) is 11.3. The van der Waals surface area contributed by atoms with Crippen molar-refractivity contribution >= 4 is 23.3 Å². The minimum atomic E-state index is -2.29. The highest BCUT2D eigenvalue weighted by Gasteiger charge is 2.60. The van der Waals surface area contributed by atoms with Crippen LogP contribution in [0.5, 0.6) is 0 Å². The lowest BCUT2D eigenvalue weighted by atomic mass is 9.60. The molecular weight excluding hydrogens is 440 g/mol. The number of carboxylic acid groups (broad SMARTS) is 1. The minimum Gasteiger partial charge on any atom is -0.480 e. The smallest absolute Gasteiger partial charge is 0.325 e. The van der Waals surface area contributed by atoms with E-state index in [1.165, 1.54) is 57.8 Å². The Morgan fingerprint density at radius 1 is 0.571 bits per heavy atom. The van der Waals surface area contributed by atoms with E-state index in [1.54, 1.807) is 41.5 Å². The second kappa shape index (κ2) is 17.8. The van der Waals surface area contributed by atoms with Crippen LogP contribution >= 0.6 is 0 Å². The number of carbonyl (C=O) groups excluding carboxylic acids is 3. The van der Waals surface area contributed by atoms with Crippen LogP contribution in [0, 0.1) is 29.1 Å². The van der Waals surface area contributed by atoms with Crippen LogP contribution < -0.4 is 0 Å². The lowest BCUT2D eigenvalue weighted by molar-refractivity contribution is -0.170. The molecule has 1 atom stereocenters. The topological polar surface area (TPSA) is 88.5 Å². The maximum absolute atomic E-state index is 13.3. The zero-order valence-electron chi connectivity index (χ0n) is 23.8. The van der Waals surface area contributed by atoms with Gasteiger partial charge in [0.15, 0.2) is 17.0 Å². The summed E-state index contributed by atoms with van der Waals surface area (Å²) in [4.78, 5) is 52.5. The molecule has 0 fully saturated rings. The van der Waals surface area contributed by atoms with Gasteiger partial charge in [0.05, 0.1) is 0 Å². The largest absolute Gasteiger partial charge is 0.480 e.